The second kappa shape index (κ2) is 14.4. The monoisotopic (exact) mass is 649 g/mol. The summed E-state index contributed by atoms with van der Waals surface area (Å²) in [6.45, 7) is 10.3. The van der Waals surface area contributed by atoms with E-state index in [0.29, 0.717) is 37.0 Å². The SMILES string of the molecule is Cn1c(=O)n(-c2ccc(OCc3ccccc3)nc2OCc2ccccc2)c2ccc(N3CCN(CCC(=O)OC(C)(C)C)CC3)cc21. The number of nitrogens with zero attached hydrogens (tertiary/aromatic N) is 5. The molecular weight excluding hydrogens is 606 g/mol. The number of carbonyl (C=O) groups excluding carboxylic acids is 1. The van der Waals surface area contributed by atoms with Gasteiger partial charge in [0.1, 0.15) is 24.5 Å². The van der Waals surface area contributed by atoms with Crippen LogP contribution in [0.1, 0.15) is 38.3 Å². The maximum atomic E-state index is 13.8. The Bertz CT molecular complexity index is 1910. The average Bonchev–Trinajstić information content (AvgIpc) is 3.34. The van der Waals surface area contributed by atoms with E-state index in [0.717, 1.165) is 54.0 Å². The fraction of sp³-hybridized carbons (Fsp3) is 0.342. The van der Waals surface area contributed by atoms with E-state index in [1.165, 1.54) is 0 Å². The van der Waals surface area contributed by atoms with Crippen molar-refractivity contribution < 1.29 is 19.0 Å². The molecule has 0 aliphatic carbocycles. The molecular formula is C38H43N5O5. The van der Waals surface area contributed by atoms with Crippen LogP contribution in [0.15, 0.2) is 95.8 Å². The lowest BCUT2D eigenvalue weighted by Gasteiger charge is -2.36. The van der Waals surface area contributed by atoms with Gasteiger partial charge in [0.05, 0.1) is 17.5 Å². The second-order valence-electron chi connectivity index (χ2n) is 13.0. The number of hydrogen-bond acceptors (Lipinski definition) is 8. The van der Waals surface area contributed by atoms with E-state index < -0.39 is 5.60 Å². The highest BCUT2D eigenvalue weighted by atomic mass is 16.6. The molecule has 0 saturated carbocycles. The molecule has 1 saturated heterocycles. The molecule has 48 heavy (non-hydrogen) atoms. The van der Waals surface area contributed by atoms with Crippen molar-refractivity contribution >= 4 is 22.7 Å². The summed E-state index contributed by atoms with van der Waals surface area (Å²) in [7, 11) is 1.79. The van der Waals surface area contributed by atoms with Crippen LogP contribution in [0.25, 0.3) is 16.7 Å². The molecule has 3 heterocycles. The second-order valence-corrected chi connectivity index (χ2v) is 13.0. The summed E-state index contributed by atoms with van der Waals surface area (Å²) >= 11 is 0. The van der Waals surface area contributed by atoms with Gasteiger partial charge in [0, 0.05) is 51.5 Å². The van der Waals surface area contributed by atoms with Gasteiger partial charge in [-0.15, -0.1) is 0 Å². The van der Waals surface area contributed by atoms with Crippen LogP contribution in [-0.4, -0.2) is 63.3 Å². The van der Waals surface area contributed by atoms with Crippen molar-refractivity contribution in [2.24, 2.45) is 7.05 Å². The summed E-state index contributed by atoms with van der Waals surface area (Å²) in [6, 6.07) is 29.5. The highest BCUT2D eigenvalue weighted by molar-refractivity contribution is 5.82. The predicted octanol–water partition coefficient (Wildman–Crippen LogP) is 5.74. The van der Waals surface area contributed by atoms with Crippen molar-refractivity contribution in [2.75, 3.05) is 37.6 Å². The van der Waals surface area contributed by atoms with E-state index in [-0.39, 0.29) is 18.3 Å². The number of aromatic nitrogens is 3. The van der Waals surface area contributed by atoms with Gasteiger partial charge >= 0.3 is 11.7 Å². The van der Waals surface area contributed by atoms with Crippen LogP contribution < -0.4 is 20.1 Å². The molecule has 1 aliphatic rings. The van der Waals surface area contributed by atoms with E-state index in [2.05, 4.69) is 21.9 Å². The van der Waals surface area contributed by atoms with Crippen LogP contribution in [0.5, 0.6) is 11.8 Å². The lowest BCUT2D eigenvalue weighted by molar-refractivity contribution is -0.155. The van der Waals surface area contributed by atoms with E-state index in [9.17, 15) is 9.59 Å². The molecule has 5 aromatic rings. The third kappa shape index (κ3) is 7.88. The maximum absolute atomic E-state index is 13.8. The minimum absolute atomic E-state index is 0.168. The van der Waals surface area contributed by atoms with Crippen LogP contribution in [0, 0.1) is 0 Å². The number of carbonyl (C=O) groups is 1. The van der Waals surface area contributed by atoms with Gasteiger partial charge in [-0.2, -0.15) is 4.98 Å². The van der Waals surface area contributed by atoms with Crippen molar-refractivity contribution in [3.8, 4) is 17.4 Å². The molecule has 0 unspecified atom stereocenters. The van der Waals surface area contributed by atoms with Crippen molar-refractivity contribution in [1.82, 2.24) is 19.0 Å². The topological polar surface area (TPSA) is 91.1 Å². The first-order valence-electron chi connectivity index (χ1n) is 16.4. The number of rotatable bonds is 11. The molecule has 10 heteroatoms. The normalized spacial score (nSPS) is 13.9. The van der Waals surface area contributed by atoms with Gasteiger partial charge in [-0.25, -0.2) is 4.79 Å². The van der Waals surface area contributed by atoms with Crippen LogP contribution in [0.3, 0.4) is 0 Å². The van der Waals surface area contributed by atoms with Crippen molar-refractivity contribution in [3.05, 3.63) is 113 Å². The number of piperazine rings is 1. The van der Waals surface area contributed by atoms with Gasteiger partial charge in [0.2, 0.25) is 11.8 Å². The maximum Gasteiger partial charge on any atom is 0.333 e. The lowest BCUT2D eigenvalue weighted by Crippen LogP contribution is -2.47. The Morgan fingerprint density at radius 3 is 2.08 bits per heavy atom. The van der Waals surface area contributed by atoms with E-state index in [1.54, 1.807) is 22.2 Å². The number of imidazole rings is 1. The zero-order valence-electron chi connectivity index (χ0n) is 28.1. The van der Waals surface area contributed by atoms with Crippen LogP contribution in [0.4, 0.5) is 5.69 Å². The van der Waals surface area contributed by atoms with Gasteiger partial charge in [-0.3, -0.25) is 18.8 Å². The molecule has 0 radical (unpaired) electrons. The molecule has 1 aliphatic heterocycles. The van der Waals surface area contributed by atoms with Crippen molar-refractivity contribution in [2.45, 2.75) is 46.0 Å². The molecule has 0 atom stereocenters. The first kappa shape index (κ1) is 32.8. The van der Waals surface area contributed by atoms with Gasteiger partial charge < -0.3 is 19.1 Å². The molecule has 6 rings (SSSR count). The van der Waals surface area contributed by atoms with Gasteiger partial charge in [0.25, 0.3) is 0 Å². The van der Waals surface area contributed by atoms with Gasteiger partial charge in [-0.1, -0.05) is 60.7 Å². The van der Waals surface area contributed by atoms with Crippen LogP contribution in [-0.2, 0) is 29.8 Å². The Labute approximate surface area is 281 Å². The molecule has 0 spiro atoms. The zero-order chi connectivity index (χ0) is 33.7. The predicted molar refractivity (Wildman–Crippen MR) is 187 cm³/mol. The number of pyridine rings is 1. The third-order valence-electron chi connectivity index (χ3n) is 8.33. The number of hydrogen-bond donors (Lipinski definition) is 0. The first-order chi connectivity index (χ1) is 23.1. The summed E-state index contributed by atoms with van der Waals surface area (Å²) in [6.07, 6.45) is 0.380. The highest BCUT2D eigenvalue weighted by Crippen LogP contribution is 2.30. The summed E-state index contributed by atoms with van der Waals surface area (Å²) < 4.78 is 21.1. The molecule has 0 N–H and O–H groups in total. The third-order valence-corrected chi connectivity index (χ3v) is 8.33. The van der Waals surface area contributed by atoms with E-state index in [4.69, 9.17) is 19.2 Å². The summed E-state index contributed by atoms with van der Waals surface area (Å²) in [5, 5.41) is 0. The quantitative estimate of drug-likeness (QED) is 0.168. The fourth-order valence-corrected chi connectivity index (χ4v) is 5.86. The molecule has 250 valence electrons. The lowest BCUT2D eigenvalue weighted by atomic mass is 10.2. The number of anilines is 1. The molecule has 0 bridgehead atoms. The van der Waals surface area contributed by atoms with E-state index >= 15 is 0 Å². The molecule has 10 nitrogen and oxygen atoms in total. The Morgan fingerprint density at radius 1 is 0.792 bits per heavy atom. The van der Waals surface area contributed by atoms with Gasteiger partial charge in [-0.05, 0) is 56.2 Å². The Morgan fingerprint density at radius 2 is 1.44 bits per heavy atom. The molecule has 1 fully saturated rings. The average molecular weight is 650 g/mol. The fourth-order valence-electron chi connectivity index (χ4n) is 5.86. The van der Waals surface area contributed by atoms with E-state index in [1.807, 2.05) is 93.6 Å². The minimum atomic E-state index is -0.471. The minimum Gasteiger partial charge on any atom is -0.473 e. The number of ether oxygens (including phenoxy) is 3. The Kier molecular flexibility index (Phi) is 9.82. The summed E-state index contributed by atoms with van der Waals surface area (Å²) in [5.74, 6) is 0.552. The Hall–Kier alpha value is -5.09. The van der Waals surface area contributed by atoms with Crippen molar-refractivity contribution in [3.63, 3.8) is 0 Å². The molecule has 2 aromatic heterocycles. The zero-order valence-corrected chi connectivity index (χ0v) is 28.1. The summed E-state index contributed by atoms with van der Waals surface area (Å²) in [4.78, 5) is 35.3. The first-order valence-corrected chi connectivity index (χ1v) is 16.4. The largest absolute Gasteiger partial charge is 0.473 e. The van der Waals surface area contributed by atoms with Crippen molar-refractivity contribution in [1.29, 1.82) is 0 Å². The standard InChI is InChI=1S/C38H43N5O5/c1-38(2,3)48-35(44)19-20-41-21-23-42(24-22-41)30-15-16-31-33(25-30)40(4)37(45)43(31)32-17-18-34(46-26-28-11-7-5-8-12-28)39-36(32)47-27-29-13-9-6-10-14-29/h5-18,25H,19-24,26-27H2,1-4H3. The van der Waals surface area contributed by atoms with Crippen LogP contribution >= 0.6 is 0 Å². The van der Waals surface area contributed by atoms with Crippen LogP contribution in [0.2, 0.25) is 0 Å². The smallest absolute Gasteiger partial charge is 0.333 e. The Balaban J connectivity index is 1.22. The number of fused-ring (bicyclic) bond motifs is 1. The van der Waals surface area contributed by atoms with Gasteiger partial charge in [0.15, 0.2) is 0 Å². The summed E-state index contributed by atoms with van der Waals surface area (Å²) in [5.41, 5.74) is 4.50. The molecule has 3 aromatic carbocycles. The number of benzene rings is 3. The highest BCUT2D eigenvalue weighted by Gasteiger charge is 2.23. The molecule has 0 amide bonds. The number of esters is 1. The number of aryl methyl sites for hydroxylation is 1.